The van der Waals surface area contributed by atoms with Crippen molar-refractivity contribution in [2.24, 2.45) is 28.6 Å². The van der Waals surface area contributed by atoms with E-state index in [2.05, 4.69) is 17.1 Å². The molecule has 2 amide bonds. The Morgan fingerprint density at radius 3 is 1.74 bits per heavy atom. The van der Waals surface area contributed by atoms with E-state index in [4.69, 9.17) is 30.9 Å². The molecule has 204 valence electrons. The standard InChI is InChI=1S/C11H21N3O3.C11H18N2O2.ClH.H3NO/c1-7-5-8(9(12)13-16)14(6-7)10(15)17-11(2,3)4;1-8-5-9(6-12)13(7-8)10(14)15-11(2,3)4;;1-2/h7-8,16H,5-6H2,1-4H3,(H2,12,13);8-9H,5,7H2,1-4H3;1H;2H,1H2/t7-,8+;8-,9+;;/m11../s1. The molecule has 0 radical (unpaired) electrons. The lowest BCUT2D eigenvalue weighted by Gasteiger charge is -2.27. The third-order valence-electron chi connectivity index (χ3n) is 4.88. The average Bonchev–Trinajstić information content (AvgIpc) is 3.29. The number of nitrogens with two attached hydrogens (primary N) is 2. The fourth-order valence-corrected chi connectivity index (χ4v) is 3.61. The minimum Gasteiger partial charge on any atom is -0.444 e. The average molecular weight is 523 g/mol. The number of amides is 2. The molecule has 0 aromatic carbocycles. The summed E-state index contributed by atoms with van der Waals surface area (Å²) >= 11 is 0. The molecule has 35 heavy (non-hydrogen) atoms. The number of rotatable bonds is 1. The van der Waals surface area contributed by atoms with Gasteiger partial charge in [-0.15, -0.1) is 12.4 Å². The zero-order valence-electron chi connectivity index (χ0n) is 22.0. The van der Waals surface area contributed by atoms with Crippen LogP contribution < -0.4 is 11.6 Å². The van der Waals surface area contributed by atoms with Crippen LogP contribution in [0.25, 0.3) is 0 Å². The van der Waals surface area contributed by atoms with Gasteiger partial charge in [-0.2, -0.15) is 5.26 Å². The largest absolute Gasteiger partial charge is 0.444 e. The van der Waals surface area contributed by atoms with Gasteiger partial charge in [0, 0.05) is 13.1 Å². The second kappa shape index (κ2) is 14.8. The summed E-state index contributed by atoms with van der Waals surface area (Å²) < 4.78 is 10.5. The summed E-state index contributed by atoms with van der Waals surface area (Å²) in [6.07, 6.45) is 0.641. The first-order valence-corrected chi connectivity index (χ1v) is 11.2. The molecule has 0 bridgehead atoms. The molecule has 0 spiro atoms. The van der Waals surface area contributed by atoms with Crippen LogP contribution in [0.4, 0.5) is 9.59 Å². The van der Waals surface area contributed by atoms with Crippen molar-refractivity contribution in [2.75, 3.05) is 13.1 Å². The predicted molar refractivity (Wildman–Crippen MR) is 133 cm³/mol. The fraction of sp³-hybridized carbons (Fsp3) is 0.818. The molecule has 0 saturated carbocycles. The Labute approximate surface area is 214 Å². The maximum absolute atomic E-state index is 11.9. The molecular formula is C22H43ClN6O6. The molecule has 2 rings (SSSR count). The first-order chi connectivity index (χ1) is 15.6. The summed E-state index contributed by atoms with van der Waals surface area (Å²) in [4.78, 5) is 26.7. The highest BCUT2D eigenvalue weighted by molar-refractivity contribution is 5.89. The van der Waals surface area contributed by atoms with Crippen LogP contribution >= 0.6 is 12.4 Å². The molecule has 0 unspecified atom stereocenters. The van der Waals surface area contributed by atoms with Gasteiger partial charge in [0.15, 0.2) is 5.84 Å². The fourth-order valence-electron chi connectivity index (χ4n) is 3.61. The maximum Gasteiger partial charge on any atom is 0.411 e. The molecule has 2 aliphatic heterocycles. The van der Waals surface area contributed by atoms with Crippen molar-refractivity contribution in [1.82, 2.24) is 9.80 Å². The Hall–Kier alpha value is -2.49. The van der Waals surface area contributed by atoms with E-state index in [0.717, 1.165) is 6.42 Å². The van der Waals surface area contributed by atoms with E-state index in [0.29, 0.717) is 31.3 Å². The summed E-state index contributed by atoms with van der Waals surface area (Å²) in [5.41, 5.74) is 4.54. The monoisotopic (exact) mass is 522 g/mol. The van der Waals surface area contributed by atoms with Gasteiger partial charge < -0.3 is 25.6 Å². The molecule has 2 aliphatic rings. The van der Waals surface area contributed by atoms with E-state index in [9.17, 15) is 9.59 Å². The molecule has 6 N–H and O–H groups in total. The lowest BCUT2D eigenvalue weighted by Crippen LogP contribution is -2.46. The maximum atomic E-state index is 11.9. The van der Waals surface area contributed by atoms with Gasteiger partial charge in [-0.1, -0.05) is 19.0 Å². The highest BCUT2D eigenvalue weighted by atomic mass is 35.5. The molecule has 2 saturated heterocycles. The third-order valence-corrected chi connectivity index (χ3v) is 4.88. The third kappa shape index (κ3) is 12.2. The molecule has 12 nitrogen and oxygen atoms in total. The minimum atomic E-state index is -0.543. The number of carbonyl (C=O) groups excluding carboxylic acids is 2. The van der Waals surface area contributed by atoms with E-state index < -0.39 is 17.3 Å². The van der Waals surface area contributed by atoms with Gasteiger partial charge in [0.25, 0.3) is 0 Å². The number of amidine groups is 1. The normalized spacial score (nSPS) is 24.1. The topological polar surface area (TPSA) is 188 Å². The number of likely N-dealkylation sites (tertiary alicyclic amines) is 2. The van der Waals surface area contributed by atoms with Gasteiger partial charge >= 0.3 is 12.2 Å². The van der Waals surface area contributed by atoms with Crippen LogP contribution in [0.1, 0.15) is 68.2 Å². The lowest BCUT2D eigenvalue weighted by molar-refractivity contribution is 0.0246. The smallest absolute Gasteiger partial charge is 0.411 e. The van der Waals surface area contributed by atoms with Crippen LogP contribution in [0.5, 0.6) is 0 Å². The summed E-state index contributed by atoms with van der Waals surface area (Å²) in [6, 6.07) is 1.44. The highest BCUT2D eigenvalue weighted by Crippen LogP contribution is 2.26. The molecule has 2 fully saturated rings. The second-order valence-corrected chi connectivity index (χ2v) is 10.6. The van der Waals surface area contributed by atoms with E-state index >= 15 is 0 Å². The number of hydrogen-bond donors (Lipinski definition) is 4. The number of nitrogens with zero attached hydrogens (tertiary/aromatic N) is 4. The second-order valence-electron chi connectivity index (χ2n) is 10.6. The van der Waals surface area contributed by atoms with Crippen LogP contribution in [-0.4, -0.2) is 74.6 Å². The van der Waals surface area contributed by atoms with Crippen molar-refractivity contribution in [2.45, 2.75) is 91.5 Å². The van der Waals surface area contributed by atoms with Gasteiger partial charge in [0.2, 0.25) is 0 Å². The van der Waals surface area contributed by atoms with E-state index in [1.54, 1.807) is 0 Å². The van der Waals surface area contributed by atoms with Crippen molar-refractivity contribution < 1.29 is 29.5 Å². The minimum absolute atomic E-state index is 0. The summed E-state index contributed by atoms with van der Waals surface area (Å²) in [7, 11) is 0. The van der Waals surface area contributed by atoms with Crippen molar-refractivity contribution in [3.05, 3.63) is 0 Å². The van der Waals surface area contributed by atoms with Gasteiger partial charge in [-0.05, 0) is 66.2 Å². The van der Waals surface area contributed by atoms with Gasteiger partial charge in [-0.25, -0.2) is 15.5 Å². The zero-order chi connectivity index (χ0) is 26.9. The number of ether oxygens (including phenoxy) is 2. The van der Waals surface area contributed by atoms with Crippen LogP contribution in [-0.2, 0) is 9.47 Å². The number of halogens is 1. The Balaban J connectivity index is 0. The molecular weight excluding hydrogens is 480 g/mol. The van der Waals surface area contributed by atoms with Gasteiger partial charge in [-0.3, -0.25) is 9.80 Å². The molecule has 0 aromatic heterocycles. The van der Waals surface area contributed by atoms with E-state index in [1.807, 2.05) is 55.4 Å². The Bertz CT molecular complexity index is 746. The molecule has 0 aromatic rings. The summed E-state index contributed by atoms with van der Waals surface area (Å²) in [6.45, 7) is 16.1. The first kappa shape index (κ1) is 34.7. The molecule has 0 aliphatic carbocycles. The number of nitriles is 1. The number of oxime groups is 1. The van der Waals surface area contributed by atoms with Crippen molar-refractivity contribution in [3.63, 3.8) is 0 Å². The van der Waals surface area contributed by atoms with Crippen LogP contribution in [0.3, 0.4) is 0 Å². The SMILES string of the molecule is C[C@@H]1C[C@@H](/C(N)=N/O)N(C(=O)OC(C)(C)C)C1.C[C@@H]1C[C@@H](C#N)N(C(=O)OC(C)(C)C)C1.Cl.NO. The van der Waals surface area contributed by atoms with Crippen LogP contribution in [0.2, 0.25) is 0 Å². The highest BCUT2D eigenvalue weighted by Gasteiger charge is 2.38. The Morgan fingerprint density at radius 2 is 1.34 bits per heavy atom. The summed E-state index contributed by atoms with van der Waals surface area (Å²) in [5.74, 6) is 4.25. The number of carbonyl (C=O) groups is 2. The molecule has 4 atom stereocenters. The number of hydrogen-bond acceptors (Lipinski definition) is 9. The Morgan fingerprint density at radius 1 is 0.943 bits per heavy atom. The molecule has 13 heteroatoms. The van der Waals surface area contributed by atoms with Crippen molar-refractivity contribution in [1.29, 1.82) is 5.26 Å². The van der Waals surface area contributed by atoms with Gasteiger partial charge in [0.1, 0.15) is 17.2 Å². The van der Waals surface area contributed by atoms with E-state index in [-0.39, 0.29) is 36.4 Å². The zero-order valence-corrected chi connectivity index (χ0v) is 22.8. The Kier molecular flexibility index (Phi) is 14.7. The first-order valence-electron chi connectivity index (χ1n) is 11.2. The van der Waals surface area contributed by atoms with Crippen LogP contribution in [0, 0.1) is 23.2 Å². The summed E-state index contributed by atoms with van der Waals surface area (Å²) in [5, 5.41) is 27.1. The van der Waals surface area contributed by atoms with E-state index in [1.165, 1.54) is 9.80 Å². The predicted octanol–water partition coefficient (Wildman–Crippen LogP) is 3.29. The van der Waals surface area contributed by atoms with Crippen molar-refractivity contribution >= 4 is 30.4 Å². The lowest BCUT2D eigenvalue weighted by atomic mass is 10.1. The molecule has 2 heterocycles. The van der Waals surface area contributed by atoms with Crippen LogP contribution in [0.15, 0.2) is 5.16 Å². The van der Waals surface area contributed by atoms with Gasteiger partial charge in [0.05, 0.1) is 12.1 Å². The van der Waals surface area contributed by atoms with Crippen molar-refractivity contribution in [3.8, 4) is 6.07 Å². The quantitative estimate of drug-likeness (QED) is 0.173.